The van der Waals surface area contributed by atoms with Gasteiger partial charge in [0.15, 0.2) is 0 Å². The van der Waals surface area contributed by atoms with Crippen molar-refractivity contribution >= 4 is 21.6 Å². The zero-order valence-electron chi connectivity index (χ0n) is 13.3. The molecule has 0 aliphatic carbocycles. The minimum Gasteiger partial charge on any atom is -0.495 e. The summed E-state index contributed by atoms with van der Waals surface area (Å²) in [4.78, 5) is 0. The molecule has 1 atom stereocenters. The molecule has 0 saturated carbocycles. The molecule has 0 fully saturated rings. The number of benzene rings is 2. The lowest BCUT2D eigenvalue weighted by Gasteiger charge is -2.21. The molecule has 21 heavy (non-hydrogen) atoms. The van der Waals surface area contributed by atoms with Gasteiger partial charge in [-0.3, -0.25) is 0 Å². The molecule has 2 nitrogen and oxygen atoms in total. The first-order valence-corrected chi connectivity index (χ1v) is 7.89. The minimum atomic E-state index is 0.220. The Morgan fingerprint density at radius 3 is 2.19 bits per heavy atom. The second-order valence-electron chi connectivity index (χ2n) is 5.59. The first-order valence-electron chi connectivity index (χ1n) is 7.09. The van der Waals surface area contributed by atoms with Gasteiger partial charge in [-0.1, -0.05) is 45.3 Å². The van der Waals surface area contributed by atoms with Crippen LogP contribution in [0.5, 0.6) is 5.75 Å². The summed E-state index contributed by atoms with van der Waals surface area (Å²) < 4.78 is 6.53. The average molecular weight is 348 g/mol. The van der Waals surface area contributed by atoms with Crippen LogP contribution in [0.2, 0.25) is 0 Å². The molecule has 2 aromatic rings. The third kappa shape index (κ3) is 3.79. The van der Waals surface area contributed by atoms with Gasteiger partial charge in [0.25, 0.3) is 0 Å². The number of hydrogen-bond donors (Lipinski definition) is 1. The highest BCUT2D eigenvalue weighted by atomic mass is 79.9. The van der Waals surface area contributed by atoms with Crippen molar-refractivity contribution in [2.75, 3.05) is 12.4 Å². The van der Waals surface area contributed by atoms with Crippen molar-refractivity contribution in [3.05, 3.63) is 57.1 Å². The van der Waals surface area contributed by atoms with Gasteiger partial charge in [-0.15, -0.1) is 0 Å². The molecule has 0 heterocycles. The van der Waals surface area contributed by atoms with E-state index in [4.69, 9.17) is 4.74 Å². The number of ether oxygens (including phenoxy) is 1. The van der Waals surface area contributed by atoms with E-state index in [2.05, 4.69) is 73.2 Å². The summed E-state index contributed by atoms with van der Waals surface area (Å²) in [6.07, 6.45) is 0. The summed E-state index contributed by atoms with van der Waals surface area (Å²) >= 11 is 3.51. The summed E-state index contributed by atoms with van der Waals surface area (Å²) in [5, 5.41) is 3.58. The molecule has 0 spiro atoms. The average Bonchev–Trinajstić information content (AvgIpc) is 2.40. The Bertz CT molecular complexity index is 632. The Morgan fingerprint density at radius 1 is 1.00 bits per heavy atom. The van der Waals surface area contributed by atoms with E-state index in [-0.39, 0.29) is 6.04 Å². The number of anilines is 1. The second kappa shape index (κ2) is 6.52. The van der Waals surface area contributed by atoms with Crippen LogP contribution in [0.1, 0.15) is 35.2 Å². The second-order valence-corrected chi connectivity index (χ2v) is 6.50. The van der Waals surface area contributed by atoms with Gasteiger partial charge in [0, 0.05) is 10.5 Å². The van der Waals surface area contributed by atoms with Crippen LogP contribution in [0.25, 0.3) is 0 Å². The summed E-state index contributed by atoms with van der Waals surface area (Å²) in [5.41, 5.74) is 6.08. The van der Waals surface area contributed by atoms with Gasteiger partial charge in [-0.05, 0) is 51.0 Å². The zero-order valence-corrected chi connectivity index (χ0v) is 14.8. The molecule has 0 aliphatic heterocycles. The van der Waals surface area contributed by atoms with Gasteiger partial charge in [0.1, 0.15) is 5.75 Å². The van der Waals surface area contributed by atoms with Crippen LogP contribution < -0.4 is 10.1 Å². The van der Waals surface area contributed by atoms with Gasteiger partial charge in [-0.25, -0.2) is 0 Å². The fourth-order valence-electron chi connectivity index (χ4n) is 2.62. The lowest BCUT2D eigenvalue weighted by atomic mass is 10.0. The highest BCUT2D eigenvalue weighted by molar-refractivity contribution is 9.10. The van der Waals surface area contributed by atoms with E-state index in [0.717, 1.165) is 21.5 Å². The Kier molecular flexibility index (Phi) is 4.94. The number of methoxy groups -OCH3 is 1. The van der Waals surface area contributed by atoms with Gasteiger partial charge in [0.05, 0.1) is 12.8 Å². The van der Waals surface area contributed by atoms with E-state index < -0.39 is 0 Å². The molecule has 1 unspecified atom stereocenters. The molecular weight excluding hydrogens is 326 g/mol. The van der Waals surface area contributed by atoms with Crippen LogP contribution in [0.4, 0.5) is 5.69 Å². The van der Waals surface area contributed by atoms with Crippen LogP contribution in [-0.4, -0.2) is 7.11 Å². The Hall–Kier alpha value is -1.48. The maximum Gasteiger partial charge on any atom is 0.143 e. The van der Waals surface area contributed by atoms with Gasteiger partial charge in [-0.2, -0.15) is 0 Å². The SMILES string of the molecule is COc1cc(Br)cc(C)c1NC(C)c1cc(C)cc(C)c1. The molecular formula is C18H22BrNO. The molecule has 0 radical (unpaired) electrons. The van der Waals surface area contributed by atoms with Crippen molar-refractivity contribution < 1.29 is 4.74 Å². The van der Waals surface area contributed by atoms with Crippen molar-refractivity contribution in [3.8, 4) is 5.75 Å². The molecule has 0 saturated heterocycles. The van der Waals surface area contributed by atoms with Gasteiger partial charge in [0.2, 0.25) is 0 Å². The van der Waals surface area contributed by atoms with Crippen LogP contribution in [0.15, 0.2) is 34.8 Å². The number of rotatable bonds is 4. The van der Waals surface area contributed by atoms with Gasteiger partial charge < -0.3 is 10.1 Å². The Morgan fingerprint density at radius 2 is 1.62 bits per heavy atom. The molecule has 0 bridgehead atoms. The van der Waals surface area contributed by atoms with Crippen LogP contribution in [-0.2, 0) is 0 Å². The van der Waals surface area contributed by atoms with Crippen molar-refractivity contribution in [2.24, 2.45) is 0 Å². The molecule has 2 aromatic carbocycles. The quantitative estimate of drug-likeness (QED) is 0.781. The summed E-state index contributed by atoms with van der Waals surface area (Å²) in [6.45, 7) is 8.53. The first-order chi connectivity index (χ1) is 9.90. The first kappa shape index (κ1) is 15.9. The van der Waals surface area contributed by atoms with E-state index in [1.165, 1.54) is 16.7 Å². The Balaban J connectivity index is 2.33. The number of halogens is 1. The van der Waals surface area contributed by atoms with Crippen LogP contribution in [0, 0.1) is 20.8 Å². The summed E-state index contributed by atoms with van der Waals surface area (Å²) in [5.74, 6) is 0.859. The highest BCUT2D eigenvalue weighted by Crippen LogP contribution is 2.34. The molecule has 3 heteroatoms. The largest absolute Gasteiger partial charge is 0.495 e. The monoisotopic (exact) mass is 347 g/mol. The lowest BCUT2D eigenvalue weighted by molar-refractivity contribution is 0.415. The fourth-order valence-corrected chi connectivity index (χ4v) is 3.17. The predicted molar refractivity (Wildman–Crippen MR) is 93.4 cm³/mol. The smallest absolute Gasteiger partial charge is 0.143 e. The predicted octanol–water partition coefficient (Wildman–Crippen LogP) is 5.56. The fraction of sp³-hybridized carbons (Fsp3) is 0.333. The van der Waals surface area contributed by atoms with E-state index in [1.807, 2.05) is 6.07 Å². The standard InChI is InChI=1S/C18H22BrNO/c1-11-6-12(2)8-15(7-11)14(4)20-18-13(3)9-16(19)10-17(18)21-5/h6-10,14,20H,1-5H3. The zero-order chi connectivity index (χ0) is 15.6. The normalized spacial score (nSPS) is 12.1. The molecule has 0 aliphatic rings. The van der Waals surface area contributed by atoms with Crippen molar-refractivity contribution in [1.29, 1.82) is 0 Å². The third-order valence-electron chi connectivity index (χ3n) is 3.59. The molecule has 0 aromatic heterocycles. The maximum absolute atomic E-state index is 5.50. The summed E-state index contributed by atoms with van der Waals surface area (Å²) in [6, 6.07) is 11.0. The van der Waals surface area contributed by atoms with E-state index in [0.29, 0.717) is 0 Å². The number of nitrogens with one attached hydrogen (secondary N) is 1. The Labute approximate surface area is 135 Å². The maximum atomic E-state index is 5.50. The van der Waals surface area contributed by atoms with Crippen LogP contribution >= 0.6 is 15.9 Å². The van der Waals surface area contributed by atoms with Crippen molar-refractivity contribution in [2.45, 2.75) is 33.7 Å². The molecule has 0 amide bonds. The number of hydrogen-bond acceptors (Lipinski definition) is 2. The highest BCUT2D eigenvalue weighted by Gasteiger charge is 2.13. The van der Waals surface area contributed by atoms with E-state index >= 15 is 0 Å². The van der Waals surface area contributed by atoms with E-state index in [1.54, 1.807) is 7.11 Å². The summed E-state index contributed by atoms with van der Waals surface area (Å²) in [7, 11) is 1.70. The molecule has 2 rings (SSSR count). The molecule has 1 N–H and O–H groups in total. The number of aryl methyl sites for hydroxylation is 3. The van der Waals surface area contributed by atoms with Gasteiger partial charge >= 0.3 is 0 Å². The third-order valence-corrected chi connectivity index (χ3v) is 4.05. The van der Waals surface area contributed by atoms with Crippen molar-refractivity contribution in [1.82, 2.24) is 0 Å². The minimum absolute atomic E-state index is 0.220. The topological polar surface area (TPSA) is 21.3 Å². The lowest BCUT2D eigenvalue weighted by Crippen LogP contribution is -2.09. The van der Waals surface area contributed by atoms with E-state index in [9.17, 15) is 0 Å². The van der Waals surface area contributed by atoms with Crippen molar-refractivity contribution in [3.63, 3.8) is 0 Å². The molecule has 112 valence electrons. The van der Waals surface area contributed by atoms with Crippen LogP contribution in [0.3, 0.4) is 0 Å².